The van der Waals surface area contributed by atoms with Crippen LogP contribution in [0.2, 0.25) is 0 Å². The molecule has 1 aromatic rings. The highest BCUT2D eigenvalue weighted by molar-refractivity contribution is 5.86. The van der Waals surface area contributed by atoms with Crippen molar-refractivity contribution in [2.45, 2.75) is 71.8 Å². The summed E-state index contributed by atoms with van der Waals surface area (Å²) in [4.78, 5) is 14.9. The molecular weight excluding hydrogens is 310 g/mol. The van der Waals surface area contributed by atoms with Crippen molar-refractivity contribution in [1.29, 1.82) is 0 Å². The lowest BCUT2D eigenvalue weighted by molar-refractivity contribution is -0.130. The van der Waals surface area contributed by atoms with Crippen molar-refractivity contribution in [1.82, 2.24) is 0 Å². The molecule has 3 heteroatoms. The second-order valence-corrected chi connectivity index (χ2v) is 8.13. The largest absolute Gasteiger partial charge is 0.494 e. The van der Waals surface area contributed by atoms with Gasteiger partial charge in [-0.1, -0.05) is 39.5 Å². The van der Waals surface area contributed by atoms with Crippen LogP contribution in [-0.2, 0) is 4.79 Å². The van der Waals surface area contributed by atoms with Gasteiger partial charge in [-0.25, -0.2) is 0 Å². The van der Waals surface area contributed by atoms with E-state index in [0.29, 0.717) is 18.4 Å². The number of ether oxygens (including phenoxy) is 1. The van der Waals surface area contributed by atoms with Crippen molar-refractivity contribution in [2.75, 3.05) is 18.1 Å². The minimum atomic E-state index is 0.216. The zero-order chi connectivity index (χ0) is 17.9. The van der Waals surface area contributed by atoms with E-state index in [1.54, 1.807) is 0 Å². The Morgan fingerprint density at radius 2 is 1.92 bits per heavy atom. The number of ketones is 1. The smallest absolute Gasteiger partial charge is 0.139 e. The number of carbonyl (C=O) groups excluding carboxylic acids is 1. The molecule has 2 heterocycles. The molecule has 138 valence electrons. The number of nitrogens with zero attached hydrogens (tertiary/aromatic N) is 1. The second-order valence-electron chi connectivity index (χ2n) is 8.13. The fourth-order valence-corrected chi connectivity index (χ4v) is 4.84. The van der Waals surface area contributed by atoms with Gasteiger partial charge in [-0.15, -0.1) is 0 Å². The summed E-state index contributed by atoms with van der Waals surface area (Å²) in [5.41, 5.74) is 1.51. The minimum absolute atomic E-state index is 0.216. The number of hydrogen-bond acceptors (Lipinski definition) is 3. The summed E-state index contributed by atoms with van der Waals surface area (Å²) in [5, 5.41) is 0. The van der Waals surface area contributed by atoms with Gasteiger partial charge in [0.15, 0.2) is 0 Å². The van der Waals surface area contributed by atoms with Crippen molar-refractivity contribution >= 4 is 11.5 Å². The maximum Gasteiger partial charge on any atom is 0.139 e. The first-order chi connectivity index (χ1) is 12.1. The van der Waals surface area contributed by atoms with Gasteiger partial charge < -0.3 is 9.64 Å². The molecule has 0 aromatic heterocycles. The van der Waals surface area contributed by atoms with Crippen molar-refractivity contribution < 1.29 is 9.53 Å². The summed E-state index contributed by atoms with van der Waals surface area (Å²) >= 11 is 0. The third-order valence-corrected chi connectivity index (χ3v) is 6.24. The number of hydrogen-bond donors (Lipinski definition) is 0. The quantitative estimate of drug-likeness (QED) is 0.605. The third-order valence-electron chi connectivity index (χ3n) is 6.24. The van der Waals surface area contributed by atoms with Gasteiger partial charge in [-0.2, -0.15) is 0 Å². The first kappa shape index (κ1) is 18.3. The zero-order valence-electron chi connectivity index (χ0n) is 16.1. The Labute approximate surface area is 152 Å². The molecule has 1 saturated carbocycles. The number of benzene rings is 1. The van der Waals surface area contributed by atoms with Gasteiger partial charge in [-0.3, -0.25) is 4.79 Å². The normalized spacial score (nSPS) is 28.4. The third kappa shape index (κ3) is 3.86. The Morgan fingerprint density at radius 1 is 1.16 bits per heavy atom. The van der Waals surface area contributed by atoms with Crippen LogP contribution in [0.3, 0.4) is 0 Å². The number of rotatable bonds is 8. The Hall–Kier alpha value is -1.51. The van der Waals surface area contributed by atoms with E-state index in [4.69, 9.17) is 4.74 Å². The number of anilines is 1. The van der Waals surface area contributed by atoms with E-state index in [0.717, 1.165) is 25.1 Å². The molecule has 0 spiro atoms. The van der Waals surface area contributed by atoms with Gasteiger partial charge >= 0.3 is 0 Å². The van der Waals surface area contributed by atoms with Crippen molar-refractivity contribution in [3.63, 3.8) is 0 Å². The number of carbonyl (C=O) groups is 1. The van der Waals surface area contributed by atoms with Crippen molar-refractivity contribution in [3.05, 3.63) is 24.3 Å². The first-order valence-corrected chi connectivity index (χ1v) is 10.1. The van der Waals surface area contributed by atoms with Gasteiger partial charge in [0.25, 0.3) is 0 Å². The van der Waals surface area contributed by atoms with Gasteiger partial charge in [-0.05, 0) is 49.4 Å². The minimum Gasteiger partial charge on any atom is -0.494 e. The van der Waals surface area contributed by atoms with E-state index in [-0.39, 0.29) is 11.3 Å². The van der Waals surface area contributed by atoms with Gasteiger partial charge in [0.1, 0.15) is 11.5 Å². The molecule has 3 nitrogen and oxygen atoms in total. The maximum atomic E-state index is 12.4. The fourth-order valence-electron chi connectivity index (χ4n) is 4.84. The summed E-state index contributed by atoms with van der Waals surface area (Å²) in [6.45, 7) is 8.27. The molecule has 1 aromatic carbocycles. The van der Waals surface area contributed by atoms with E-state index in [9.17, 15) is 4.79 Å². The van der Waals surface area contributed by atoms with Crippen LogP contribution in [0.4, 0.5) is 5.69 Å². The average molecular weight is 344 g/mol. The molecule has 1 unspecified atom stereocenters. The molecule has 4 rings (SSSR count). The lowest BCUT2D eigenvalue weighted by Crippen LogP contribution is -2.61. The van der Waals surface area contributed by atoms with Crippen LogP contribution in [0.25, 0.3) is 0 Å². The summed E-state index contributed by atoms with van der Waals surface area (Å²) in [6, 6.07) is 8.79. The molecule has 0 amide bonds. The topological polar surface area (TPSA) is 29.5 Å². The van der Waals surface area contributed by atoms with Crippen LogP contribution < -0.4 is 9.64 Å². The van der Waals surface area contributed by atoms with Crippen molar-refractivity contribution in [3.8, 4) is 5.75 Å². The Kier molecular flexibility index (Phi) is 5.71. The standard InChI is InChI=1S/C22H33NO2/c1-4-6-7-8-13-22(3)15-17-16-23(21(22)14-20(17)24)18-9-11-19(12-10-18)25-5-2/h9-12,17,21H,4-8,13-16H2,1-3H3/t17-,21+,22?/m0/s1. The maximum absolute atomic E-state index is 12.4. The van der Waals surface area contributed by atoms with Crippen LogP contribution >= 0.6 is 0 Å². The summed E-state index contributed by atoms with van der Waals surface area (Å²) < 4.78 is 5.57. The molecule has 3 aliphatic rings. The van der Waals surface area contributed by atoms with Crippen LogP contribution in [-0.4, -0.2) is 25.0 Å². The SMILES string of the molecule is CCCCCCC1(C)C[C@H]2CN(c3ccc(OCC)cc3)[C@@H]1CC2=O. The molecular formula is C22H33NO2. The lowest BCUT2D eigenvalue weighted by atomic mass is 9.61. The molecule has 3 fully saturated rings. The Bertz CT molecular complexity index is 582. The van der Waals surface area contributed by atoms with Crippen LogP contribution in [0.15, 0.2) is 24.3 Å². The van der Waals surface area contributed by atoms with E-state index in [1.165, 1.54) is 37.8 Å². The number of unbranched alkanes of at least 4 members (excludes halogenated alkanes) is 3. The first-order valence-electron chi connectivity index (χ1n) is 10.1. The molecule has 2 bridgehead atoms. The molecule has 25 heavy (non-hydrogen) atoms. The molecule has 3 atom stereocenters. The highest BCUT2D eigenvalue weighted by atomic mass is 16.5. The number of piperidine rings is 2. The monoisotopic (exact) mass is 343 g/mol. The van der Waals surface area contributed by atoms with Crippen LogP contribution in [0.1, 0.15) is 65.7 Å². The Balaban J connectivity index is 1.75. The van der Waals surface area contributed by atoms with Crippen LogP contribution in [0.5, 0.6) is 5.75 Å². The summed E-state index contributed by atoms with van der Waals surface area (Å²) in [6.07, 6.45) is 8.26. The summed E-state index contributed by atoms with van der Waals surface area (Å²) in [5.74, 6) is 1.62. The molecule has 0 radical (unpaired) electrons. The fraction of sp³-hybridized carbons (Fsp3) is 0.682. The second kappa shape index (κ2) is 7.80. The molecule has 2 aliphatic heterocycles. The molecule has 0 N–H and O–H groups in total. The van der Waals surface area contributed by atoms with E-state index in [2.05, 4.69) is 43.0 Å². The van der Waals surface area contributed by atoms with Gasteiger partial charge in [0, 0.05) is 30.6 Å². The number of fused-ring (bicyclic) bond motifs is 3. The highest BCUT2D eigenvalue weighted by Gasteiger charge is 2.51. The van der Waals surface area contributed by atoms with E-state index < -0.39 is 0 Å². The number of Topliss-reactive ketones (excluding diaryl/α,β-unsaturated/α-hetero) is 1. The van der Waals surface area contributed by atoms with E-state index in [1.807, 2.05) is 6.92 Å². The van der Waals surface area contributed by atoms with E-state index >= 15 is 0 Å². The Morgan fingerprint density at radius 3 is 2.56 bits per heavy atom. The predicted molar refractivity (Wildman–Crippen MR) is 103 cm³/mol. The average Bonchev–Trinajstić information content (AvgIpc) is 2.61. The lowest BCUT2D eigenvalue weighted by Gasteiger charge is -2.56. The van der Waals surface area contributed by atoms with Crippen molar-refractivity contribution in [2.24, 2.45) is 11.3 Å². The highest BCUT2D eigenvalue weighted by Crippen LogP contribution is 2.49. The predicted octanol–water partition coefficient (Wildman–Crippen LogP) is 5.23. The van der Waals surface area contributed by atoms with Gasteiger partial charge in [0.2, 0.25) is 0 Å². The van der Waals surface area contributed by atoms with Crippen LogP contribution in [0, 0.1) is 11.3 Å². The summed E-state index contributed by atoms with van der Waals surface area (Å²) in [7, 11) is 0. The molecule has 1 aliphatic carbocycles. The van der Waals surface area contributed by atoms with Gasteiger partial charge in [0.05, 0.1) is 6.61 Å². The molecule has 2 saturated heterocycles. The zero-order valence-corrected chi connectivity index (χ0v) is 16.1.